The van der Waals surface area contributed by atoms with Crippen molar-refractivity contribution in [1.29, 1.82) is 0 Å². The molecule has 0 bridgehead atoms. The van der Waals surface area contributed by atoms with E-state index in [1.807, 2.05) is 31.3 Å². The predicted octanol–water partition coefficient (Wildman–Crippen LogP) is 3.85. The third-order valence-corrected chi connectivity index (χ3v) is 3.92. The highest BCUT2D eigenvalue weighted by Crippen LogP contribution is 2.43. The third kappa shape index (κ3) is 1.44. The van der Waals surface area contributed by atoms with Gasteiger partial charge in [0.2, 0.25) is 5.69 Å². The van der Waals surface area contributed by atoms with Gasteiger partial charge in [-0.2, -0.15) is 5.10 Å². The summed E-state index contributed by atoms with van der Waals surface area (Å²) in [5.41, 5.74) is 1.73. The summed E-state index contributed by atoms with van der Waals surface area (Å²) in [5.74, 6) is 0. The Morgan fingerprint density at radius 3 is 2.82 bits per heavy atom. The van der Waals surface area contributed by atoms with Crippen LogP contribution in [0.4, 0.5) is 5.69 Å². The Balaban J connectivity index is 2.38. The lowest BCUT2D eigenvalue weighted by Gasteiger charge is -1.98. The van der Waals surface area contributed by atoms with Gasteiger partial charge in [-0.1, -0.05) is 18.2 Å². The molecule has 82 valence electrons. The number of hydrogen-bond donors (Lipinski definition) is 0. The van der Waals surface area contributed by atoms with Crippen LogP contribution in [-0.4, -0.2) is 9.78 Å². The summed E-state index contributed by atoms with van der Waals surface area (Å²) in [6, 6.07) is 9.96. The van der Waals surface area contributed by atoms with Crippen LogP contribution in [0.25, 0.3) is 25.5 Å². The molecular formula is C13H9N3S. The summed E-state index contributed by atoms with van der Waals surface area (Å²) in [6.07, 6.45) is 1.76. The Hall–Kier alpha value is -2.12. The Morgan fingerprint density at radius 2 is 2.12 bits per heavy atom. The van der Waals surface area contributed by atoms with Crippen LogP contribution in [0.1, 0.15) is 0 Å². The van der Waals surface area contributed by atoms with Gasteiger partial charge >= 0.3 is 0 Å². The van der Waals surface area contributed by atoms with Crippen LogP contribution >= 0.6 is 11.3 Å². The minimum absolute atomic E-state index is 0.731. The lowest BCUT2D eigenvalue weighted by atomic mass is 10.2. The highest BCUT2D eigenvalue weighted by atomic mass is 32.1. The maximum Gasteiger partial charge on any atom is 0.214 e. The molecule has 3 aromatic rings. The number of nitrogens with zero attached hydrogens (tertiary/aromatic N) is 3. The van der Waals surface area contributed by atoms with Gasteiger partial charge in [-0.3, -0.25) is 4.68 Å². The molecule has 0 unspecified atom stereocenters. The molecule has 3 rings (SSSR count). The number of fused-ring (bicyclic) bond motifs is 1. The minimum atomic E-state index is 0.731. The monoisotopic (exact) mass is 239 g/mol. The van der Waals surface area contributed by atoms with Crippen LogP contribution in [0.2, 0.25) is 0 Å². The predicted molar refractivity (Wildman–Crippen MR) is 70.3 cm³/mol. The molecular weight excluding hydrogens is 230 g/mol. The first kappa shape index (κ1) is 10.1. The molecule has 0 saturated carbocycles. The van der Waals surface area contributed by atoms with Gasteiger partial charge < -0.3 is 0 Å². The standard InChI is InChI=1S/C13H9N3S/c1-14-12-9-5-3-4-6-11(9)17-13(12)10-7-8-15-16(10)2/h3-8H,2H3. The summed E-state index contributed by atoms with van der Waals surface area (Å²) in [7, 11) is 1.90. The number of rotatable bonds is 1. The molecule has 0 saturated heterocycles. The lowest BCUT2D eigenvalue weighted by molar-refractivity contribution is 0.777. The molecule has 0 N–H and O–H groups in total. The second-order valence-electron chi connectivity index (χ2n) is 3.73. The van der Waals surface area contributed by atoms with Crippen molar-refractivity contribution in [3.05, 3.63) is 47.9 Å². The first-order valence-corrected chi connectivity index (χ1v) is 6.00. The fourth-order valence-corrected chi connectivity index (χ4v) is 3.11. The highest BCUT2D eigenvalue weighted by Gasteiger charge is 2.15. The van der Waals surface area contributed by atoms with Crippen molar-refractivity contribution in [2.45, 2.75) is 0 Å². The molecule has 0 spiro atoms. The van der Waals surface area contributed by atoms with Crippen LogP contribution < -0.4 is 0 Å². The van der Waals surface area contributed by atoms with E-state index in [1.165, 1.54) is 0 Å². The van der Waals surface area contributed by atoms with E-state index < -0.39 is 0 Å². The summed E-state index contributed by atoms with van der Waals surface area (Å²) in [5, 5.41) is 5.19. The van der Waals surface area contributed by atoms with Crippen molar-refractivity contribution in [3.8, 4) is 10.6 Å². The molecule has 3 nitrogen and oxygen atoms in total. The van der Waals surface area contributed by atoms with E-state index in [0.29, 0.717) is 0 Å². The molecule has 0 atom stereocenters. The molecule has 4 heteroatoms. The van der Waals surface area contributed by atoms with E-state index in [9.17, 15) is 0 Å². The highest BCUT2D eigenvalue weighted by molar-refractivity contribution is 7.23. The molecule has 17 heavy (non-hydrogen) atoms. The van der Waals surface area contributed by atoms with Crippen molar-refractivity contribution in [2.24, 2.45) is 7.05 Å². The van der Waals surface area contributed by atoms with Gasteiger partial charge in [-0.25, -0.2) is 4.85 Å². The number of aryl methyl sites for hydroxylation is 1. The number of hydrogen-bond acceptors (Lipinski definition) is 2. The van der Waals surface area contributed by atoms with Gasteiger partial charge in [-0.15, -0.1) is 11.3 Å². The molecule has 2 heterocycles. The Labute approximate surface area is 103 Å². The summed E-state index contributed by atoms with van der Waals surface area (Å²) in [6.45, 7) is 7.36. The van der Waals surface area contributed by atoms with Gasteiger partial charge in [0.1, 0.15) is 0 Å². The fourth-order valence-electron chi connectivity index (χ4n) is 1.91. The minimum Gasteiger partial charge on any atom is -0.268 e. The van der Waals surface area contributed by atoms with E-state index in [4.69, 9.17) is 6.57 Å². The van der Waals surface area contributed by atoms with Crippen molar-refractivity contribution in [1.82, 2.24) is 9.78 Å². The Bertz CT molecular complexity index is 731. The Morgan fingerprint density at radius 1 is 1.29 bits per heavy atom. The molecule has 0 radical (unpaired) electrons. The molecule has 0 aliphatic carbocycles. The van der Waals surface area contributed by atoms with Gasteiger partial charge in [0.05, 0.1) is 17.1 Å². The molecule has 0 fully saturated rings. The molecule has 1 aromatic carbocycles. The lowest BCUT2D eigenvalue weighted by Crippen LogP contribution is -1.91. The summed E-state index contributed by atoms with van der Waals surface area (Å²) < 4.78 is 2.95. The van der Waals surface area contributed by atoms with Crippen LogP contribution in [0.15, 0.2) is 36.5 Å². The maximum atomic E-state index is 7.36. The summed E-state index contributed by atoms with van der Waals surface area (Å²) >= 11 is 1.65. The third-order valence-electron chi connectivity index (χ3n) is 2.73. The van der Waals surface area contributed by atoms with Crippen LogP contribution in [0, 0.1) is 6.57 Å². The first-order valence-electron chi connectivity index (χ1n) is 5.18. The van der Waals surface area contributed by atoms with Gasteiger partial charge in [0.15, 0.2) is 0 Å². The second kappa shape index (κ2) is 3.72. The number of benzene rings is 1. The number of aromatic nitrogens is 2. The largest absolute Gasteiger partial charge is 0.268 e. The van der Waals surface area contributed by atoms with Crippen LogP contribution in [-0.2, 0) is 7.05 Å². The first-order chi connectivity index (χ1) is 8.31. The number of thiophene rings is 1. The van der Waals surface area contributed by atoms with Gasteiger partial charge in [0.25, 0.3) is 0 Å². The van der Waals surface area contributed by atoms with E-state index in [0.717, 1.165) is 26.3 Å². The molecule has 0 aliphatic heterocycles. The Kier molecular flexibility index (Phi) is 2.20. The topological polar surface area (TPSA) is 22.2 Å². The van der Waals surface area contributed by atoms with Crippen molar-refractivity contribution < 1.29 is 0 Å². The van der Waals surface area contributed by atoms with E-state index in [2.05, 4.69) is 16.0 Å². The SMILES string of the molecule is [C-]#[N+]c1c(-c2ccnn2C)sc2ccccc12. The van der Waals surface area contributed by atoms with E-state index in [-0.39, 0.29) is 0 Å². The van der Waals surface area contributed by atoms with Gasteiger partial charge in [0, 0.05) is 17.9 Å². The van der Waals surface area contributed by atoms with Crippen LogP contribution in [0.5, 0.6) is 0 Å². The maximum absolute atomic E-state index is 7.36. The zero-order valence-corrected chi connectivity index (χ0v) is 10.0. The zero-order valence-electron chi connectivity index (χ0n) is 9.21. The molecule has 0 aliphatic rings. The van der Waals surface area contributed by atoms with Crippen LogP contribution in [0.3, 0.4) is 0 Å². The normalized spacial score (nSPS) is 10.6. The average molecular weight is 239 g/mol. The van der Waals surface area contributed by atoms with Crippen molar-refractivity contribution in [3.63, 3.8) is 0 Å². The smallest absolute Gasteiger partial charge is 0.214 e. The van der Waals surface area contributed by atoms with Crippen molar-refractivity contribution in [2.75, 3.05) is 0 Å². The zero-order chi connectivity index (χ0) is 11.8. The quantitative estimate of drug-likeness (QED) is 0.591. The second-order valence-corrected chi connectivity index (χ2v) is 4.78. The molecule has 2 aromatic heterocycles. The summed E-state index contributed by atoms with van der Waals surface area (Å²) in [4.78, 5) is 4.68. The van der Waals surface area contributed by atoms with Gasteiger partial charge in [-0.05, 0) is 17.5 Å². The van der Waals surface area contributed by atoms with E-state index >= 15 is 0 Å². The fraction of sp³-hybridized carbons (Fsp3) is 0.0769. The molecule has 0 amide bonds. The van der Waals surface area contributed by atoms with Crippen molar-refractivity contribution >= 4 is 27.1 Å². The average Bonchev–Trinajstić information content (AvgIpc) is 2.91. The van der Waals surface area contributed by atoms with E-state index in [1.54, 1.807) is 22.2 Å².